The molecule has 9 fully saturated rings. The van der Waals surface area contributed by atoms with Gasteiger partial charge in [0.15, 0.2) is 0 Å². The second-order valence-corrected chi connectivity index (χ2v) is 18.8. The van der Waals surface area contributed by atoms with Crippen LogP contribution in [0.3, 0.4) is 0 Å². The quantitative estimate of drug-likeness (QED) is 0.209. The Bertz CT molecular complexity index is 937. The molecule has 12 atom stereocenters. The molecule has 0 aromatic rings. The molecule has 272 valence electrons. The highest BCUT2D eigenvalue weighted by atomic mass is 15.4. The lowest BCUT2D eigenvalue weighted by Gasteiger charge is -2.39. The predicted octanol–water partition coefficient (Wildman–Crippen LogP) is 5.15. The minimum absolute atomic E-state index is 0.388. The minimum atomic E-state index is 0.388. The molecule has 9 aliphatic rings. The summed E-state index contributed by atoms with van der Waals surface area (Å²) in [6.45, 7) is 9.73. The summed E-state index contributed by atoms with van der Waals surface area (Å²) in [4.78, 5) is 0. The van der Waals surface area contributed by atoms with E-state index in [1.807, 2.05) is 0 Å². The summed E-state index contributed by atoms with van der Waals surface area (Å²) < 4.78 is 0. The second-order valence-electron chi connectivity index (χ2n) is 18.8. The molecular weight excluding hydrogens is 592 g/mol. The molecule has 5 aliphatic heterocycles. The van der Waals surface area contributed by atoms with Crippen LogP contribution in [0.4, 0.5) is 0 Å². The van der Waals surface area contributed by atoms with Crippen molar-refractivity contribution >= 4 is 0 Å². The van der Waals surface area contributed by atoms with Crippen molar-refractivity contribution in [3.63, 3.8) is 0 Å². The van der Waals surface area contributed by atoms with Gasteiger partial charge in [-0.15, -0.1) is 0 Å². The van der Waals surface area contributed by atoms with Gasteiger partial charge in [0, 0.05) is 0 Å². The Morgan fingerprint density at radius 3 is 0.646 bits per heavy atom. The third kappa shape index (κ3) is 5.96. The van der Waals surface area contributed by atoms with Crippen LogP contribution in [0.2, 0.25) is 0 Å². The maximum atomic E-state index is 4.37. The van der Waals surface area contributed by atoms with Crippen LogP contribution >= 0.6 is 0 Å². The van der Waals surface area contributed by atoms with Gasteiger partial charge in [-0.1, -0.05) is 79.1 Å². The highest BCUT2D eigenvalue weighted by Gasteiger charge is 2.55. The smallest absolute Gasteiger partial charge is 0.0628 e. The molecule has 4 saturated carbocycles. The number of nitrogens with one attached hydrogen (secondary N) is 8. The molecule has 9 rings (SSSR count). The average molecular weight is 665 g/mol. The van der Waals surface area contributed by atoms with E-state index in [1.165, 1.54) is 103 Å². The van der Waals surface area contributed by atoms with Gasteiger partial charge in [0.2, 0.25) is 0 Å². The number of hydrogen-bond acceptors (Lipinski definition) is 8. The van der Waals surface area contributed by atoms with E-state index < -0.39 is 0 Å². The first-order valence-corrected chi connectivity index (χ1v) is 21.6. The first-order valence-electron chi connectivity index (χ1n) is 21.6. The molecule has 0 aromatic heterocycles. The zero-order valence-corrected chi connectivity index (χ0v) is 30.9. The van der Waals surface area contributed by atoms with Crippen molar-refractivity contribution < 1.29 is 0 Å². The average Bonchev–Trinajstić information content (AvgIpc) is 3.85. The fourth-order valence-electron chi connectivity index (χ4n) is 13.9. The molecule has 0 aromatic carbocycles. The van der Waals surface area contributed by atoms with E-state index in [-0.39, 0.29) is 0 Å². The van der Waals surface area contributed by atoms with Crippen LogP contribution in [0.25, 0.3) is 0 Å². The molecule has 0 spiro atoms. The normalized spacial score (nSPS) is 56.2. The number of hydrogen-bond donors (Lipinski definition) is 8. The van der Waals surface area contributed by atoms with Crippen LogP contribution in [0.5, 0.6) is 0 Å². The van der Waals surface area contributed by atoms with E-state index in [4.69, 9.17) is 0 Å². The third-order valence-corrected chi connectivity index (χ3v) is 16.9. The van der Waals surface area contributed by atoms with Gasteiger partial charge >= 0.3 is 0 Å². The lowest BCUT2D eigenvalue weighted by Crippen LogP contribution is -2.61. The van der Waals surface area contributed by atoms with Gasteiger partial charge in [0.25, 0.3) is 0 Å². The lowest BCUT2D eigenvalue weighted by molar-refractivity contribution is 0.124. The molecule has 8 nitrogen and oxygen atoms in total. The van der Waals surface area contributed by atoms with Gasteiger partial charge in [-0.05, 0) is 122 Å². The Balaban J connectivity index is 1.05. The summed E-state index contributed by atoms with van der Waals surface area (Å²) in [7, 11) is 0. The zero-order valence-electron chi connectivity index (χ0n) is 30.9. The highest BCUT2D eigenvalue weighted by Crippen LogP contribution is 2.48. The van der Waals surface area contributed by atoms with Crippen molar-refractivity contribution in [2.24, 2.45) is 71.0 Å². The van der Waals surface area contributed by atoms with Crippen LogP contribution in [-0.2, 0) is 0 Å². The van der Waals surface area contributed by atoms with Gasteiger partial charge < -0.3 is 0 Å². The van der Waals surface area contributed by atoms with Gasteiger partial charge in [-0.3, -0.25) is 42.5 Å². The van der Waals surface area contributed by atoms with Crippen LogP contribution in [0.1, 0.15) is 130 Å². The molecule has 5 saturated heterocycles. The summed E-state index contributed by atoms with van der Waals surface area (Å²) in [6, 6.07) is 0. The van der Waals surface area contributed by atoms with Crippen molar-refractivity contribution in [3.8, 4) is 0 Å². The van der Waals surface area contributed by atoms with Gasteiger partial charge in [-0.25, -0.2) is 0 Å². The van der Waals surface area contributed by atoms with Gasteiger partial charge in [0.1, 0.15) is 0 Å². The second kappa shape index (κ2) is 13.9. The molecule has 8 heteroatoms. The van der Waals surface area contributed by atoms with Crippen LogP contribution in [0, 0.1) is 71.0 Å². The Labute approximate surface area is 292 Å². The van der Waals surface area contributed by atoms with E-state index in [1.54, 1.807) is 0 Å². The van der Waals surface area contributed by atoms with Crippen molar-refractivity contribution in [2.75, 3.05) is 0 Å². The Morgan fingerprint density at radius 2 is 0.458 bits per heavy atom. The molecule has 12 unspecified atom stereocenters. The number of fused-ring (bicyclic) bond motifs is 20. The molecule has 8 bridgehead atoms. The molecule has 4 aliphatic carbocycles. The van der Waals surface area contributed by atoms with Crippen molar-refractivity contribution in [3.05, 3.63) is 0 Å². The van der Waals surface area contributed by atoms with Crippen LogP contribution < -0.4 is 42.5 Å². The Hall–Kier alpha value is -0.320. The van der Waals surface area contributed by atoms with Crippen LogP contribution in [0.15, 0.2) is 0 Å². The monoisotopic (exact) mass is 665 g/mol. The minimum Gasteiger partial charge on any atom is -0.286 e. The lowest BCUT2D eigenvalue weighted by atomic mass is 9.71. The van der Waals surface area contributed by atoms with E-state index in [2.05, 4.69) is 70.2 Å². The van der Waals surface area contributed by atoms with Gasteiger partial charge in [0.05, 0.1) is 49.3 Å². The van der Waals surface area contributed by atoms with Crippen molar-refractivity contribution in [1.29, 1.82) is 0 Å². The standard InChI is InChI=1S/C40H72N8/c1-5-21-9-13-25-29(17-21)37-41-33(25)46-38-31-19-23(7-3)11-15-27(31)35(43-38)48-40-32-20-24(8-4)12-16-28(32)36(44-40)47-39-30-18-22(6-2)10-14-26(30)34(42-39)45-37/h21-48H,5-20H2,1-4H3. The zero-order chi connectivity index (χ0) is 32.5. The molecule has 8 N–H and O–H groups in total. The number of rotatable bonds is 4. The highest BCUT2D eigenvalue weighted by molar-refractivity contribution is 5.09. The fraction of sp³-hybridized carbons (Fsp3) is 1.00. The molecule has 0 amide bonds. The van der Waals surface area contributed by atoms with E-state index in [0.717, 1.165) is 23.7 Å². The maximum Gasteiger partial charge on any atom is 0.0628 e. The predicted molar refractivity (Wildman–Crippen MR) is 194 cm³/mol. The molecule has 0 radical (unpaired) electrons. The molecule has 48 heavy (non-hydrogen) atoms. The third-order valence-electron chi connectivity index (χ3n) is 16.9. The first-order chi connectivity index (χ1) is 23.5. The van der Waals surface area contributed by atoms with Crippen LogP contribution in [-0.4, -0.2) is 49.3 Å². The largest absolute Gasteiger partial charge is 0.286 e. The van der Waals surface area contributed by atoms with E-state index in [9.17, 15) is 0 Å². The first kappa shape index (κ1) is 33.5. The molecule has 5 heterocycles. The Morgan fingerprint density at radius 1 is 0.271 bits per heavy atom. The van der Waals surface area contributed by atoms with E-state index in [0.29, 0.717) is 96.7 Å². The summed E-state index contributed by atoms with van der Waals surface area (Å²) in [5.41, 5.74) is 0. The van der Waals surface area contributed by atoms with Crippen molar-refractivity contribution in [1.82, 2.24) is 42.5 Å². The summed E-state index contributed by atoms with van der Waals surface area (Å²) >= 11 is 0. The van der Waals surface area contributed by atoms with Gasteiger partial charge in [-0.2, -0.15) is 0 Å². The van der Waals surface area contributed by atoms with E-state index >= 15 is 0 Å². The summed E-state index contributed by atoms with van der Waals surface area (Å²) in [6.07, 6.45) is 25.1. The Kier molecular flexibility index (Phi) is 9.71. The maximum absolute atomic E-state index is 4.37. The SMILES string of the molecule is CCC1CCC2C3NC(NC4NC(NC5NC(NC6NC(N3)C3CC(CC)CCC63)C3CC(CC)CCC53)C3CC(CC)CCC43)C2C1. The molecular formula is C40H72N8. The van der Waals surface area contributed by atoms with Crippen molar-refractivity contribution in [2.45, 2.75) is 180 Å². The summed E-state index contributed by atoms with van der Waals surface area (Å²) in [5, 5.41) is 34.6. The summed E-state index contributed by atoms with van der Waals surface area (Å²) in [5.74, 6) is 9.24. The topological polar surface area (TPSA) is 96.2 Å². The fourth-order valence-corrected chi connectivity index (χ4v) is 13.9.